The minimum absolute atomic E-state index is 0.164. The Hall–Kier alpha value is -4.39. The summed E-state index contributed by atoms with van der Waals surface area (Å²) in [6.45, 7) is 0.331. The van der Waals surface area contributed by atoms with Crippen molar-refractivity contribution in [3.05, 3.63) is 107 Å². The van der Waals surface area contributed by atoms with E-state index in [2.05, 4.69) is 4.98 Å². The summed E-state index contributed by atoms with van der Waals surface area (Å²) in [5, 5.41) is 1.06. The van der Waals surface area contributed by atoms with Gasteiger partial charge in [0.2, 0.25) is 0 Å². The number of para-hydroxylation sites is 1. The highest BCUT2D eigenvalue weighted by Gasteiger charge is 2.52. The molecule has 1 saturated heterocycles. The summed E-state index contributed by atoms with van der Waals surface area (Å²) in [7, 11) is 1.34. The fourth-order valence-electron chi connectivity index (χ4n) is 5.49. The molecule has 2 atom stereocenters. The van der Waals surface area contributed by atoms with E-state index in [4.69, 9.17) is 4.74 Å². The Morgan fingerprint density at radius 1 is 0.972 bits per heavy atom. The maximum Gasteiger partial charge on any atom is 0.337 e. The van der Waals surface area contributed by atoms with Gasteiger partial charge in [-0.2, -0.15) is 0 Å². The van der Waals surface area contributed by atoms with E-state index < -0.39 is 18.1 Å². The van der Waals surface area contributed by atoms with Crippen molar-refractivity contribution < 1.29 is 19.1 Å². The van der Waals surface area contributed by atoms with Crippen molar-refractivity contribution in [1.29, 1.82) is 0 Å². The van der Waals surface area contributed by atoms with Crippen LogP contribution in [0.3, 0.4) is 0 Å². The van der Waals surface area contributed by atoms with Crippen LogP contribution in [0.2, 0.25) is 0 Å². The minimum Gasteiger partial charge on any atom is -0.465 e. The fraction of sp³-hybridized carbons (Fsp3) is 0.207. The largest absolute Gasteiger partial charge is 0.465 e. The molecule has 6 rings (SSSR count). The summed E-state index contributed by atoms with van der Waals surface area (Å²) in [6.07, 6.45) is 1.06. The third kappa shape index (κ3) is 3.47. The Labute approximate surface area is 208 Å². The first-order valence-electron chi connectivity index (χ1n) is 12.0. The molecule has 3 aromatic carbocycles. The van der Waals surface area contributed by atoms with Gasteiger partial charge in [0.15, 0.2) is 0 Å². The smallest absolute Gasteiger partial charge is 0.337 e. The van der Waals surface area contributed by atoms with Gasteiger partial charge in [0.25, 0.3) is 5.91 Å². The second-order valence-electron chi connectivity index (χ2n) is 9.21. The molecular formula is C29H25N3O4. The maximum atomic E-state index is 13.7. The van der Waals surface area contributed by atoms with Gasteiger partial charge in [-0.3, -0.25) is 14.6 Å². The lowest BCUT2D eigenvalue weighted by Gasteiger charge is -2.36. The quantitative estimate of drug-likeness (QED) is 0.338. The molecule has 0 radical (unpaired) electrons. The average Bonchev–Trinajstić information content (AvgIpc) is 3.41. The molecule has 1 N–H and O–H groups in total. The van der Waals surface area contributed by atoms with Crippen molar-refractivity contribution in [2.45, 2.75) is 24.9 Å². The topological polar surface area (TPSA) is 82.7 Å². The van der Waals surface area contributed by atoms with Crippen LogP contribution in [0.1, 0.15) is 38.8 Å². The van der Waals surface area contributed by atoms with Crippen LogP contribution in [-0.4, -0.2) is 52.4 Å². The SMILES string of the molecule is COC(=O)c1ccc(C2c3[nH]c4ccccc4c3CC3C(=O)N(CCc4ccccc4)C(=O)N32)cc1. The van der Waals surface area contributed by atoms with Gasteiger partial charge >= 0.3 is 12.0 Å². The van der Waals surface area contributed by atoms with Crippen LogP contribution in [0.5, 0.6) is 0 Å². The number of imide groups is 1. The van der Waals surface area contributed by atoms with E-state index in [0.717, 1.165) is 33.3 Å². The average molecular weight is 480 g/mol. The zero-order chi connectivity index (χ0) is 24.8. The standard InChI is InChI=1S/C29H25N3O4/c1-36-28(34)20-13-11-19(12-14-20)26-25-22(21-9-5-6-10-23(21)30-25)17-24-27(33)31(29(35)32(24)26)16-15-18-7-3-2-4-8-18/h2-14,24,26,30H,15-17H2,1H3. The van der Waals surface area contributed by atoms with Crippen molar-refractivity contribution in [3.63, 3.8) is 0 Å². The van der Waals surface area contributed by atoms with Crippen molar-refractivity contribution in [3.8, 4) is 0 Å². The molecule has 2 unspecified atom stereocenters. The van der Waals surface area contributed by atoms with Crippen LogP contribution in [0.4, 0.5) is 4.79 Å². The summed E-state index contributed by atoms with van der Waals surface area (Å²) in [4.78, 5) is 45.9. The number of hydrogen-bond donors (Lipinski definition) is 1. The van der Waals surface area contributed by atoms with Crippen LogP contribution in [0.25, 0.3) is 10.9 Å². The second-order valence-corrected chi connectivity index (χ2v) is 9.21. The summed E-state index contributed by atoms with van der Waals surface area (Å²) >= 11 is 0. The molecule has 1 aromatic heterocycles. The highest BCUT2D eigenvalue weighted by atomic mass is 16.5. The molecule has 0 saturated carbocycles. The number of rotatable bonds is 5. The number of carbonyl (C=O) groups excluding carboxylic acids is 3. The molecule has 3 heterocycles. The first kappa shape index (κ1) is 22.1. The maximum absolute atomic E-state index is 13.7. The number of fused-ring (bicyclic) bond motifs is 4. The molecular weight excluding hydrogens is 454 g/mol. The molecule has 36 heavy (non-hydrogen) atoms. The number of hydrogen-bond acceptors (Lipinski definition) is 4. The first-order valence-corrected chi connectivity index (χ1v) is 12.0. The number of aromatic amines is 1. The monoisotopic (exact) mass is 479 g/mol. The Kier molecular flexibility index (Phi) is 5.33. The van der Waals surface area contributed by atoms with E-state index in [-0.39, 0.29) is 11.9 Å². The fourth-order valence-corrected chi connectivity index (χ4v) is 5.49. The molecule has 2 aliphatic rings. The summed E-state index contributed by atoms with van der Waals surface area (Å²) in [5.74, 6) is -0.586. The van der Waals surface area contributed by atoms with E-state index in [0.29, 0.717) is 24.9 Å². The number of carbonyl (C=O) groups is 3. The lowest BCUT2D eigenvalue weighted by atomic mass is 9.88. The molecule has 1 fully saturated rings. The number of esters is 1. The lowest BCUT2D eigenvalue weighted by Crippen LogP contribution is -2.44. The van der Waals surface area contributed by atoms with E-state index in [1.165, 1.54) is 12.0 Å². The molecule has 7 nitrogen and oxygen atoms in total. The molecule has 7 heteroatoms. The van der Waals surface area contributed by atoms with Crippen LogP contribution in [-0.2, 0) is 22.4 Å². The molecule has 180 valence electrons. The van der Waals surface area contributed by atoms with E-state index in [9.17, 15) is 14.4 Å². The minimum atomic E-state index is -0.578. The van der Waals surface area contributed by atoms with Crippen molar-refractivity contribution in [2.24, 2.45) is 0 Å². The van der Waals surface area contributed by atoms with Gasteiger partial charge in [0, 0.05) is 29.6 Å². The third-order valence-electron chi connectivity index (χ3n) is 7.25. The number of urea groups is 1. The van der Waals surface area contributed by atoms with Crippen LogP contribution in [0, 0.1) is 0 Å². The number of H-pyrrole nitrogens is 1. The van der Waals surface area contributed by atoms with Crippen LogP contribution in [0.15, 0.2) is 78.9 Å². The van der Waals surface area contributed by atoms with Gasteiger partial charge in [-0.05, 0) is 41.3 Å². The van der Waals surface area contributed by atoms with Crippen LogP contribution < -0.4 is 0 Å². The Balaban J connectivity index is 1.41. The molecule has 4 aromatic rings. The van der Waals surface area contributed by atoms with E-state index in [1.54, 1.807) is 17.0 Å². The molecule has 0 spiro atoms. The number of nitrogens with zero attached hydrogens (tertiary/aromatic N) is 2. The lowest BCUT2D eigenvalue weighted by molar-refractivity contribution is -0.128. The predicted octanol–water partition coefficient (Wildman–Crippen LogP) is 4.48. The summed E-state index contributed by atoms with van der Waals surface area (Å²) < 4.78 is 4.83. The first-order chi connectivity index (χ1) is 17.6. The Morgan fingerprint density at radius 3 is 2.44 bits per heavy atom. The number of amides is 3. The van der Waals surface area contributed by atoms with Gasteiger partial charge in [-0.25, -0.2) is 9.59 Å². The van der Waals surface area contributed by atoms with Crippen molar-refractivity contribution in [2.75, 3.05) is 13.7 Å². The Bertz CT molecular complexity index is 1480. The third-order valence-corrected chi connectivity index (χ3v) is 7.25. The molecule has 0 aliphatic carbocycles. The van der Waals surface area contributed by atoms with Gasteiger partial charge in [0.05, 0.1) is 12.7 Å². The van der Waals surface area contributed by atoms with Gasteiger partial charge < -0.3 is 9.72 Å². The normalized spacial score (nSPS) is 18.9. The van der Waals surface area contributed by atoms with E-state index >= 15 is 0 Å². The van der Waals surface area contributed by atoms with Crippen LogP contribution >= 0.6 is 0 Å². The number of nitrogens with one attached hydrogen (secondary N) is 1. The predicted molar refractivity (Wildman–Crippen MR) is 135 cm³/mol. The number of methoxy groups -OCH3 is 1. The second kappa shape index (κ2) is 8.68. The number of aromatic nitrogens is 1. The summed E-state index contributed by atoms with van der Waals surface area (Å²) in [6, 6.07) is 23.6. The zero-order valence-electron chi connectivity index (χ0n) is 19.8. The number of ether oxygens (including phenoxy) is 1. The summed E-state index contributed by atoms with van der Waals surface area (Å²) in [5.41, 5.74) is 5.27. The molecule has 3 amide bonds. The highest BCUT2D eigenvalue weighted by Crippen LogP contribution is 2.44. The van der Waals surface area contributed by atoms with Crippen molar-refractivity contribution >= 4 is 28.8 Å². The highest BCUT2D eigenvalue weighted by molar-refractivity contribution is 6.05. The Morgan fingerprint density at radius 2 is 1.69 bits per heavy atom. The molecule has 0 bridgehead atoms. The van der Waals surface area contributed by atoms with Gasteiger partial charge in [0.1, 0.15) is 12.1 Å². The zero-order valence-corrected chi connectivity index (χ0v) is 19.8. The van der Waals surface area contributed by atoms with Gasteiger partial charge in [-0.1, -0.05) is 60.7 Å². The molecule has 2 aliphatic heterocycles. The van der Waals surface area contributed by atoms with Gasteiger partial charge in [-0.15, -0.1) is 0 Å². The number of benzene rings is 3. The van der Waals surface area contributed by atoms with Crippen molar-refractivity contribution in [1.82, 2.24) is 14.8 Å². The van der Waals surface area contributed by atoms with E-state index in [1.807, 2.05) is 66.7 Å².